The molecule has 0 atom stereocenters. The summed E-state index contributed by atoms with van der Waals surface area (Å²) >= 11 is 0. The predicted molar refractivity (Wildman–Crippen MR) is 76.1 cm³/mol. The topological polar surface area (TPSA) is 0 Å². The van der Waals surface area contributed by atoms with Crippen molar-refractivity contribution in [1.29, 1.82) is 0 Å². The molecule has 1 aliphatic carbocycles. The molecule has 0 aliphatic heterocycles. The van der Waals surface area contributed by atoms with Gasteiger partial charge in [0.05, 0.1) is 0 Å². The molecule has 0 N–H and O–H groups in total. The van der Waals surface area contributed by atoms with Gasteiger partial charge in [0.25, 0.3) is 0 Å². The Kier molecular flexibility index (Phi) is 3.57. The van der Waals surface area contributed by atoms with Crippen LogP contribution < -0.4 is 0 Å². The first-order valence-electron chi connectivity index (χ1n) is 5.56. The van der Waals surface area contributed by atoms with Crippen LogP contribution in [-0.2, 0) is 0 Å². The van der Waals surface area contributed by atoms with Crippen LogP contribution in [0.2, 0.25) is 0 Å². The molecule has 0 unspecified atom stereocenters. The molecule has 79 valence electrons. The second-order valence-corrected chi connectivity index (χ2v) is 4.21. The van der Waals surface area contributed by atoms with Gasteiger partial charge in [-0.25, -0.2) is 0 Å². The van der Waals surface area contributed by atoms with Gasteiger partial charge in [0.2, 0.25) is 0 Å². The molecule has 1 heteroatoms. The Morgan fingerprint density at radius 1 is 0.824 bits per heavy atom. The summed E-state index contributed by atoms with van der Waals surface area (Å²) in [7, 11) is 0. The van der Waals surface area contributed by atoms with Gasteiger partial charge < -0.3 is 0 Å². The molecule has 0 aromatic heterocycles. The van der Waals surface area contributed by atoms with E-state index in [0.29, 0.717) is 0 Å². The van der Waals surface area contributed by atoms with E-state index in [2.05, 4.69) is 68.0 Å². The van der Waals surface area contributed by atoms with E-state index in [9.17, 15) is 0 Å². The Hall–Kier alpha value is -1.22. The van der Waals surface area contributed by atoms with E-state index in [1.807, 2.05) is 0 Å². The number of rotatable bonds is 1. The molecule has 0 saturated carbocycles. The van der Waals surface area contributed by atoms with Gasteiger partial charge in [0.1, 0.15) is 0 Å². The Balaban J connectivity index is 0.00000108. The van der Waals surface area contributed by atoms with Gasteiger partial charge in [-0.2, -0.15) is 0 Å². The molecule has 2 aromatic rings. The van der Waals surface area contributed by atoms with Gasteiger partial charge in [-0.1, -0.05) is 60.2 Å². The summed E-state index contributed by atoms with van der Waals surface area (Å²) in [6, 6.07) is 17.1. The van der Waals surface area contributed by atoms with Crippen LogP contribution in [0.3, 0.4) is 0 Å². The van der Waals surface area contributed by atoms with Crippen molar-refractivity contribution < 1.29 is 0 Å². The molecule has 3 rings (SSSR count). The van der Waals surface area contributed by atoms with Crippen molar-refractivity contribution in [2.75, 3.05) is 0 Å². The fourth-order valence-corrected chi connectivity index (χ4v) is 2.25. The van der Waals surface area contributed by atoms with Crippen LogP contribution in [0.4, 0.5) is 0 Å². The van der Waals surface area contributed by atoms with Crippen molar-refractivity contribution in [1.82, 2.24) is 0 Å². The molecule has 0 spiro atoms. The number of allylic oxidation sites excluding steroid dienone is 1. The second kappa shape index (κ2) is 4.96. The standard InChI is InChI=1S/C16H13.Li.H/c1-12-10-14-8-5-9-15(16(14)11-12)13-6-3-2-4-7-13;;/h2-11H,1H3;;. The van der Waals surface area contributed by atoms with E-state index in [0.717, 1.165) is 0 Å². The molecule has 2 aromatic carbocycles. The zero-order valence-electron chi connectivity index (χ0n) is 9.27. The molecule has 0 heterocycles. The van der Waals surface area contributed by atoms with E-state index >= 15 is 0 Å². The van der Waals surface area contributed by atoms with Crippen LogP contribution >= 0.6 is 0 Å². The van der Waals surface area contributed by atoms with Crippen LogP contribution in [0.1, 0.15) is 18.1 Å². The maximum absolute atomic E-state index is 2.26. The summed E-state index contributed by atoms with van der Waals surface area (Å²) < 4.78 is 0. The Bertz CT molecular complexity index is 553. The van der Waals surface area contributed by atoms with Gasteiger partial charge in [0.15, 0.2) is 0 Å². The quantitative estimate of drug-likeness (QED) is 0.634. The van der Waals surface area contributed by atoms with Crippen molar-refractivity contribution in [3.8, 4) is 11.1 Å². The summed E-state index contributed by atoms with van der Waals surface area (Å²) in [5, 5.41) is 0. The maximum atomic E-state index is 2.26. The van der Waals surface area contributed by atoms with Crippen LogP contribution in [-0.4, -0.2) is 18.9 Å². The molecule has 0 bridgehead atoms. The van der Waals surface area contributed by atoms with E-state index in [1.165, 1.54) is 27.8 Å². The average Bonchev–Trinajstić information content (AvgIpc) is 2.70. The van der Waals surface area contributed by atoms with Crippen LogP contribution in [0.5, 0.6) is 0 Å². The fourth-order valence-electron chi connectivity index (χ4n) is 2.25. The summed E-state index contributed by atoms with van der Waals surface area (Å²) in [5.41, 5.74) is 6.63. The Labute approximate surface area is 115 Å². The van der Waals surface area contributed by atoms with Crippen LogP contribution in [0.15, 0.2) is 54.1 Å². The minimum absolute atomic E-state index is 0. The second-order valence-electron chi connectivity index (χ2n) is 4.21. The molecular formula is C16H14Li. The Morgan fingerprint density at radius 2 is 1.59 bits per heavy atom. The van der Waals surface area contributed by atoms with E-state index in [4.69, 9.17) is 0 Å². The van der Waals surface area contributed by atoms with Gasteiger partial charge >= 0.3 is 18.9 Å². The number of fused-ring (bicyclic) bond motifs is 1. The molecule has 0 saturated heterocycles. The van der Waals surface area contributed by atoms with Gasteiger partial charge in [0, 0.05) is 6.42 Å². The molecule has 1 radical (unpaired) electrons. The first kappa shape index (κ1) is 12.2. The predicted octanol–water partition coefficient (Wildman–Crippen LogP) is 3.67. The third kappa shape index (κ3) is 2.25. The first-order valence-corrected chi connectivity index (χ1v) is 5.56. The monoisotopic (exact) mass is 213 g/mol. The zero-order chi connectivity index (χ0) is 11.0. The van der Waals surface area contributed by atoms with E-state index < -0.39 is 0 Å². The zero-order valence-corrected chi connectivity index (χ0v) is 9.27. The van der Waals surface area contributed by atoms with Crippen LogP contribution in [0, 0.1) is 6.42 Å². The van der Waals surface area contributed by atoms with E-state index in [1.54, 1.807) is 0 Å². The van der Waals surface area contributed by atoms with Crippen molar-refractivity contribution in [2.45, 2.75) is 6.92 Å². The molecule has 1 aliphatic rings. The SMILES string of the molecule is CC1=Cc2c(cccc2-c2ccccc2)[CH]1.[LiH]. The summed E-state index contributed by atoms with van der Waals surface area (Å²) in [6.45, 7) is 2.15. The Morgan fingerprint density at radius 3 is 2.35 bits per heavy atom. The van der Waals surface area contributed by atoms with Gasteiger partial charge in [-0.05, 0) is 29.2 Å². The molecule has 0 amide bonds. The third-order valence-corrected chi connectivity index (χ3v) is 2.98. The van der Waals surface area contributed by atoms with Crippen molar-refractivity contribution >= 4 is 24.9 Å². The molecular weight excluding hydrogens is 199 g/mol. The fraction of sp³-hybridized carbons (Fsp3) is 0.0625. The average molecular weight is 213 g/mol. The molecule has 0 fully saturated rings. The van der Waals surface area contributed by atoms with Gasteiger partial charge in [-0.3, -0.25) is 0 Å². The summed E-state index contributed by atoms with van der Waals surface area (Å²) in [6.07, 6.45) is 4.50. The minimum atomic E-state index is 0. The number of hydrogen-bond acceptors (Lipinski definition) is 0. The number of benzene rings is 2. The third-order valence-electron chi connectivity index (χ3n) is 2.98. The normalized spacial score (nSPS) is 12.6. The van der Waals surface area contributed by atoms with Crippen molar-refractivity contribution in [2.24, 2.45) is 0 Å². The van der Waals surface area contributed by atoms with E-state index in [-0.39, 0.29) is 18.9 Å². The van der Waals surface area contributed by atoms with Gasteiger partial charge in [-0.15, -0.1) is 0 Å². The molecule has 0 nitrogen and oxygen atoms in total. The summed E-state index contributed by atoms with van der Waals surface area (Å²) in [5.74, 6) is 0. The van der Waals surface area contributed by atoms with Crippen molar-refractivity contribution in [3.63, 3.8) is 0 Å². The first-order chi connectivity index (χ1) is 7.84. The summed E-state index contributed by atoms with van der Waals surface area (Å²) in [4.78, 5) is 0. The van der Waals surface area contributed by atoms with Crippen molar-refractivity contribution in [3.05, 3.63) is 71.7 Å². The van der Waals surface area contributed by atoms with Crippen LogP contribution in [0.25, 0.3) is 17.2 Å². The number of hydrogen-bond donors (Lipinski definition) is 0. The molecule has 17 heavy (non-hydrogen) atoms.